The molecule has 4 amide bonds. The van der Waals surface area contributed by atoms with Crippen molar-refractivity contribution in [2.45, 2.75) is 122 Å². The minimum absolute atomic E-state index is 0.0227. The minimum Gasteiger partial charge on any atom is -0.378 e. The van der Waals surface area contributed by atoms with Crippen LogP contribution in [0.2, 0.25) is 0 Å². The summed E-state index contributed by atoms with van der Waals surface area (Å²) < 4.78 is 20.1. The van der Waals surface area contributed by atoms with E-state index in [2.05, 4.69) is 88.6 Å². The number of hydrazine groups is 1. The molecule has 4 aliphatic heterocycles. The number of carbonyl (C=O) groups excluding carboxylic acids is 5. The van der Waals surface area contributed by atoms with E-state index in [0.717, 1.165) is 62.8 Å². The number of aromatic nitrogens is 1. The van der Waals surface area contributed by atoms with Gasteiger partial charge in [0.05, 0.1) is 49.8 Å². The smallest absolute Gasteiger partial charge is 0.298 e. The van der Waals surface area contributed by atoms with Crippen molar-refractivity contribution in [2.24, 2.45) is 22.2 Å². The van der Waals surface area contributed by atoms with E-state index in [9.17, 15) is 19.2 Å². The topological polar surface area (TPSA) is 164 Å². The van der Waals surface area contributed by atoms with Crippen LogP contribution in [0.1, 0.15) is 84.5 Å². The number of carbonyl (C=O) groups is 5. The Bertz CT molecular complexity index is 2680. The van der Waals surface area contributed by atoms with Gasteiger partial charge in [0, 0.05) is 74.2 Å². The summed E-state index contributed by atoms with van der Waals surface area (Å²) in [5.41, 5.74) is 8.99. The van der Waals surface area contributed by atoms with E-state index in [1.54, 1.807) is 25.3 Å². The van der Waals surface area contributed by atoms with Gasteiger partial charge in [-0.2, -0.15) is 0 Å². The maximum atomic E-state index is 15.1. The molecule has 2 N–H and O–H groups in total. The Morgan fingerprint density at radius 2 is 1.86 bits per heavy atom. The highest BCUT2D eigenvalue weighted by Crippen LogP contribution is 2.40. The summed E-state index contributed by atoms with van der Waals surface area (Å²) in [6.07, 6.45) is 6.18. The number of alkyl halides is 1. The van der Waals surface area contributed by atoms with Crippen molar-refractivity contribution in [3.8, 4) is 23.0 Å². The van der Waals surface area contributed by atoms with E-state index < -0.39 is 40.8 Å². The second-order valence-corrected chi connectivity index (χ2v) is 22.1. The molecule has 0 spiro atoms. The van der Waals surface area contributed by atoms with Crippen molar-refractivity contribution in [3.05, 3.63) is 77.6 Å². The molecule has 72 heavy (non-hydrogen) atoms. The number of methoxy groups -OCH3 is 1. The molecule has 3 aromatic rings. The van der Waals surface area contributed by atoms with Crippen LogP contribution in [-0.4, -0.2) is 144 Å². The molecule has 386 valence electrons. The predicted octanol–water partition coefficient (Wildman–Crippen LogP) is 6.54. The Labute approximate surface area is 433 Å². The number of aryl methyl sites for hydroxylation is 1. The Kier molecular flexibility index (Phi) is 17.5. The molecule has 2 aromatic carbocycles. The lowest BCUT2D eigenvalue weighted by atomic mass is 9.83. The van der Waals surface area contributed by atoms with Crippen molar-refractivity contribution in [1.29, 1.82) is 0 Å². The first kappa shape index (κ1) is 54.3. The standard InChI is InChI=1S/C56H72BrN7O8/c1-11-43(49(58-12-2)36(6)70-10)51-45-29-55(7,8)33-71-34-56(32-65)28-41(57)31-64(60-56)54(69)46(26-37-15-14-16-38(25-37)39-17-19-47(44(45)27-39)63(51)13-3)59-52(67)50(35(4)5)61(9)53(68)40-21-23-62(30-40)48(66)20-18-42-22-24-72-42/h11-12,14-17,19,25,27,32,35-36,40-42,46,50,60H,1,13,21-24,26,28-31,33-34H2,2-10H3,(H,59,67)/b49-43+,58-12-/t36-,40-,41?,42+,46-,50-,56-/m0/s1. The lowest BCUT2D eigenvalue weighted by molar-refractivity contribution is -0.148. The number of likely N-dealkylation sites (N-methyl/N-ethyl adjacent to an activating group) is 1. The molecule has 0 aliphatic carbocycles. The average Bonchev–Trinajstić information content (AvgIpc) is 3.95. The van der Waals surface area contributed by atoms with Gasteiger partial charge >= 0.3 is 0 Å². The highest BCUT2D eigenvalue weighted by molar-refractivity contribution is 9.09. The van der Waals surface area contributed by atoms with Crippen LogP contribution in [0, 0.1) is 29.1 Å². The zero-order valence-corrected chi connectivity index (χ0v) is 45.0. The van der Waals surface area contributed by atoms with Crippen molar-refractivity contribution >= 4 is 68.5 Å². The SMILES string of the molecule is C=C/C(=C(\N=C/C)[C@H](C)OC)c1c2c3cc(ccc3n1CC)-c1cccc(c1)C[C@H](NC(=O)[C@H](C(C)C)N(C)C(=O)[C@H]1CCN(C(=O)C#C[C@@H]3CCO3)C1)C(=O)N1CC(Br)C[C@](C=O)(COCC(C)(C)C2)N1. The monoisotopic (exact) mass is 1050 g/mol. The Morgan fingerprint density at radius 1 is 1.11 bits per heavy atom. The summed E-state index contributed by atoms with van der Waals surface area (Å²) in [5, 5.41) is 5.57. The molecule has 6 bridgehead atoms. The van der Waals surface area contributed by atoms with Crippen LogP contribution in [0.15, 0.2) is 65.8 Å². The number of allylic oxidation sites excluding steroid dienone is 2. The normalized spacial score (nSPS) is 24.6. The highest BCUT2D eigenvalue weighted by atomic mass is 79.9. The number of hydrogen-bond acceptors (Lipinski definition) is 10. The van der Waals surface area contributed by atoms with Gasteiger partial charge in [0.15, 0.2) is 0 Å². The van der Waals surface area contributed by atoms with Gasteiger partial charge in [-0.25, -0.2) is 5.43 Å². The second kappa shape index (κ2) is 23.2. The predicted molar refractivity (Wildman–Crippen MR) is 284 cm³/mol. The number of nitrogens with zero attached hydrogens (tertiary/aromatic N) is 5. The average molecular weight is 1050 g/mol. The summed E-state index contributed by atoms with van der Waals surface area (Å²) in [4.78, 5) is 77.7. The fraction of sp³-hybridized carbons (Fsp3) is 0.536. The minimum atomic E-state index is -1.28. The number of amides is 4. The molecule has 16 heteroatoms. The highest BCUT2D eigenvalue weighted by Gasteiger charge is 2.44. The largest absolute Gasteiger partial charge is 0.378 e. The first-order chi connectivity index (χ1) is 34.4. The number of aliphatic imine (C=N–C) groups is 1. The van der Waals surface area contributed by atoms with Crippen LogP contribution in [-0.2, 0) is 57.6 Å². The molecular formula is C56H72BrN7O8. The van der Waals surface area contributed by atoms with E-state index in [4.69, 9.17) is 19.2 Å². The van der Waals surface area contributed by atoms with Gasteiger partial charge in [-0.15, -0.1) is 0 Å². The van der Waals surface area contributed by atoms with E-state index in [-0.39, 0.29) is 67.5 Å². The molecule has 3 saturated heterocycles. The van der Waals surface area contributed by atoms with Crippen LogP contribution in [0.25, 0.3) is 27.6 Å². The molecule has 0 radical (unpaired) electrons. The molecule has 1 unspecified atom stereocenters. The summed E-state index contributed by atoms with van der Waals surface area (Å²) in [5.74, 6) is 3.09. The first-order valence-electron chi connectivity index (χ1n) is 25.3. The fourth-order valence-corrected chi connectivity index (χ4v) is 11.5. The third kappa shape index (κ3) is 11.8. The number of aldehydes is 1. The maximum Gasteiger partial charge on any atom is 0.298 e. The van der Waals surface area contributed by atoms with E-state index in [1.165, 1.54) is 9.91 Å². The van der Waals surface area contributed by atoms with E-state index >= 15 is 4.79 Å². The number of benzene rings is 2. The molecule has 7 atom stereocenters. The van der Waals surface area contributed by atoms with Crippen molar-refractivity contribution < 1.29 is 38.2 Å². The summed E-state index contributed by atoms with van der Waals surface area (Å²) >= 11 is 3.76. The van der Waals surface area contributed by atoms with Crippen molar-refractivity contribution in [2.75, 3.05) is 53.6 Å². The van der Waals surface area contributed by atoms with Crippen LogP contribution in [0.4, 0.5) is 0 Å². The summed E-state index contributed by atoms with van der Waals surface area (Å²) in [6, 6.07) is 12.4. The molecule has 4 aliphatic rings. The van der Waals surface area contributed by atoms with Gasteiger partial charge in [0.2, 0.25) is 11.8 Å². The Morgan fingerprint density at radius 3 is 2.51 bits per heavy atom. The Balaban J connectivity index is 1.28. The third-order valence-corrected chi connectivity index (χ3v) is 15.0. The van der Waals surface area contributed by atoms with Crippen LogP contribution in [0.5, 0.6) is 0 Å². The molecular weight excluding hydrogens is 979 g/mol. The zero-order chi connectivity index (χ0) is 52.1. The fourth-order valence-electron chi connectivity index (χ4n) is 10.6. The number of halogens is 1. The number of ether oxygens (including phenoxy) is 3. The quantitative estimate of drug-likeness (QED) is 0.0675. The Hall–Kier alpha value is -5.44. The van der Waals surface area contributed by atoms with Gasteiger partial charge in [-0.1, -0.05) is 92.5 Å². The zero-order valence-electron chi connectivity index (χ0n) is 43.4. The first-order valence-corrected chi connectivity index (χ1v) is 26.2. The molecule has 0 saturated carbocycles. The van der Waals surface area contributed by atoms with Crippen LogP contribution in [0.3, 0.4) is 0 Å². The van der Waals surface area contributed by atoms with Gasteiger partial charge in [0.1, 0.15) is 30.0 Å². The number of rotatable bonds is 12. The molecule has 1 aromatic heterocycles. The van der Waals surface area contributed by atoms with Gasteiger partial charge < -0.3 is 38.7 Å². The van der Waals surface area contributed by atoms with Gasteiger partial charge in [-0.3, -0.25) is 29.2 Å². The van der Waals surface area contributed by atoms with Crippen LogP contribution < -0.4 is 10.7 Å². The van der Waals surface area contributed by atoms with Gasteiger partial charge in [0.25, 0.3) is 11.8 Å². The maximum absolute atomic E-state index is 15.1. The summed E-state index contributed by atoms with van der Waals surface area (Å²) in [6.45, 7) is 20.7. The van der Waals surface area contributed by atoms with E-state index in [0.29, 0.717) is 39.0 Å². The van der Waals surface area contributed by atoms with Gasteiger partial charge in [-0.05, 0) is 91.7 Å². The lowest BCUT2D eigenvalue weighted by Gasteiger charge is -2.44. The lowest BCUT2D eigenvalue weighted by Crippen LogP contribution is -2.68. The molecule has 3 fully saturated rings. The third-order valence-electron chi connectivity index (χ3n) is 14.4. The number of fused-ring (bicyclic) bond motifs is 6. The van der Waals surface area contributed by atoms with Crippen molar-refractivity contribution in [1.82, 2.24) is 30.1 Å². The molecule has 5 heterocycles. The van der Waals surface area contributed by atoms with E-state index in [1.807, 2.05) is 58.0 Å². The molecule has 15 nitrogen and oxygen atoms in total. The van der Waals surface area contributed by atoms with Crippen molar-refractivity contribution in [3.63, 3.8) is 0 Å². The number of nitrogens with one attached hydrogen (secondary N) is 2. The number of likely N-dealkylation sites (tertiary alicyclic amines) is 1. The molecule has 7 rings (SSSR count). The summed E-state index contributed by atoms with van der Waals surface area (Å²) in [7, 11) is 3.28. The number of hydrogen-bond donors (Lipinski definition) is 2. The second-order valence-electron chi connectivity index (χ2n) is 20.8. The van der Waals surface area contributed by atoms with Crippen LogP contribution >= 0.6 is 15.9 Å².